The van der Waals surface area contributed by atoms with Gasteiger partial charge in [0.05, 0.1) is 0 Å². The predicted molar refractivity (Wildman–Crippen MR) is 167 cm³/mol. The summed E-state index contributed by atoms with van der Waals surface area (Å²) in [6.45, 7) is 20.4. The van der Waals surface area contributed by atoms with Gasteiger partial charge in [-0.2, -0.15) is 12.1 Å². The molecule has 0 saturated heterocycles. The van der Waals surface area contributed by atoms with Gasteiger partial charge in [-0.1, -0.05) is 113 Å². The van der Waals surface area contributed by atoms with Gasteiger partial charge in [-0.3, -0.25) is 0 Å². The third-order valence-electron chi connectivity index (χ3n) is 6.96. The summed E-state index contributed by atoms with van der Waals surface area (Å²) in [6.07, 6.45) is 0.750. The monoisotopic (exact) mass is 602 g/mol. The van der Waals surface area contributed by atoms with Gasteiger partial charge >= 0.3 is 21.7 Å². The first-order chi connectivity index (χ1) is 17.5. The van der Waals surface area contributed by atoms with Crippen molar-refractivity contribution in [3.8, 4) is 0 Å². The largest absolute Gasteiger partial charge is 2.00 e. The van der Waals surface area contributed by atoms with E-state index in [0.717, 1.165) is 6.42 Å². The van der Waals surface area contributed by atoms with Crippen molar-refractivity contribution in [1.29, 1.82) is 0 Å². The van der Waals surface area contributed by atoms with E-state index in [-0.39, 0.29) is 57.4 Å². The second-order valence-electron chi connectivity index (χ2n) is 11.9. The molecule has 6 aromatic rings. The van der Waals surface area contributed by atoms with Crippen molar-refractivity contribution in [2.75, 3.05) is 0 Å². The number of hydrogen-bond donors (Lipinski definition) is 0. The van der Waals surface area contributed by atoms with Gasteiger partial charge in [0.15, 0.2) is 0 Å². The van der Waals surface area contributed by atoms with Crippen LogP contribution >= 0.6 is 0 Å². The van der Waals surface area contributed by atoms with E-state index in [4.69, 9.17) is 0 Å². The Bertz CT molecular complexity index is 1510. The van der Waals surface area contributed by atoms with Crippen LogP contribution in [0.5, 0.6) is 0 Å². The van der Waals surface area contributed by atoms with Crippen LogP contribution in [0.25, 0.3) is 43.1 Å². The van der Waals surface area contributed by atoms with Crippen LogP contribution in [-0.2, 0) is 32.5 Å². The Balaban J connectivity index is 0.000000341. The Morgan fingerprint density at radius 1 is 0.525 bits per heavy atom. The molecule has 0 aromatic heterocycles. The molecule has 3 heteroatoms. The Kier molecular flexibility index (Phi) is 13.2. The summed E-state index contributed by atoms with van der Waals surface area (Å²) in [6, 6.07) is 35.4. The fourth-order valence-corrected chi connectivity index (χ4v) is 4.79. The molecule has 0 atom stereocenters. The maximum Gasteiger partial charge on any atom is 2.00 e. The minimum absolute atomic E-state index is 0. The van der Waals surface area contributed by atoms with E-state index in [9.17, 15) is 0 Å². The standard InChI is InChI=1S/2C17H17.C3H6.2ClH.Ti/c2*1-17(2,3)14-10-13-9-8-12-6-4-5-7-15(12)16(13)11-14;1-3-2;;;/h2*4-11H,1-3H3;1-3H2;2*1H;/q2*-1;-2;;;+2/p-2. The Hall–Kier alpha value is -2.09. The zero-order valence-electron chi connectivity index (χ0n) is 24.6. The van der Waals surface area contributed by atoms with E-state index in [0.29, 0.717) is 0 Å². The predicted octanol–water partition coefficient (Wildman–Crippen LogP) is 5.07. The van der Waals surface area contributed by atoms with Crippen LogP contribution in [0.15, 0.2) is 97.1 Å². The fourth-order valence-electron chi connectivity index (χ4n) is 4.79. The third kappa shape index (κ3) is 8.01. The van der Waals surface area contributed by atoms with E-state index in [2.05, 4.69) is 152 Å². The van der Waals surface area contributed by atoms with Crippen molar-refractivity contribution in [2.24, 2.45) is 0 Å². The molecule has 0 radical (unpaired) electrons. The van der Waals surface area contributed by atoms with Crippen molar-refractivity contribution in [2.45, 2.75) is 58.8 Å². The smallest absolute Gasteiger partial charge is 1.00 e. The van der Waals surface area contributed by atoms with E-state index in [1.54, 1.807) is 0 Å². The molecule has 0 aliphatic heterocycles. The van der Waals surface area contributed by atoms with Gasteiger partial charge in [0.25, 0.3) is 0 Å². The quantitative estimate of drug-likeness (QED) is 0.168. The van der Waals surface area contributed by atoms with Crippen LogP contribution in [-0.4, -0.2) is 0 Å². The molecule has 0 saturated carbocycles. The maximum atomic E-state index is 3.38. The number of rotatable bonds is 0. The molecule has 0 heterocycles. The first-order valence-corrected chi connectivity index (χ1v) is 13.3. The van der Waals surface area contributed by atoms with Gasteiger partial charge in [-0.25, -0.2) is 0 Å². The zero-order chi connectivity index (χ0) is 26.8. The van der Waals surface area contributed by atoms with Crippen molar-refractivity contribution < 1.29 is 46.5 Å². The van der Waals surface area contributed by atoms with Crippen LogP contribution in [0, 0.1) is 13.8 Å². The molecule has 0 amide bonds. The molecule has 6 aromatic carbocycles. The van der Waals surface area contributed by atoms with E-state index >= 15 is 0 Å². The van der Waals surface area contributed by atoms with Gasteiger partial charge in [-0.15, -0.1) is 56.9 Å². The summed E-state index contributed by atoms with van der Waals surface area (Å²) in [5.41, 5.74) is 3.29. The average Bonchev–Trinajstić information content (AvgIpc) is 3.50. The molecule has 6 rings (SSSR count). The number of hydrogen-bond acceptors (Lipinski definition) is 0. The van der Waals surface area contributed by atoms with Crippen LogP contribution in [0.1, 0.15) is 59.1 Å². The molecule has 0 fully saturated rings. The number of halogens is 2. The second kappa shape index (κ2) is 14.7. The van der Waals surface area contributed by atoms with Crippen molar-refractivity contribution in [3.05, 3.63) is 122 Å². The Morgan fingerprint density at radius 2 is 0.850 bits per heavy atom. The minimum Gasteiger partial charge on any atom is -1.00 e. The maximum absolute atomic E-state index is 3.38. The normalized spacial score (nSPS) is 11.0. The Labute approximate surface area is 269 Å². The molecule has 0 N–H and O–H groups in total. The summed E-state index contributed by atoms with van der Waals surface area (Å²) in [5, 5.41) is 10.8. The number of benzene rings is 4. The molecule has 210 valence electrons. The van der Waals surface area contributed by atoms with Crippen LogP contribution in [0.4, 0.5) is 0 Å². The molecular formula is C37H40Cl2Ti-4. The minimum atomic E-state index is 0. The van der Waals surface area contributed by atoms with E-state index < -0.39 is 0 Å². The molecule has 0 unspecified atom stereocenters. The van der Waals surface area contributed by atoms with Gasteiger partial charge in [0.1, 0.15) is 0 Å². The number of fused-ring (bicyclic) bond motifs is 6. The zero-order valence-corrected chi connectivity index (χ0v) is 27.7. The fraction of sp³-hybridized carbons (Fsp3) is 0.243. The molecule has 0 aliphatic carbocycles. The second-order valence-corrected chi connectivity index (χ2v) is 11.9. The molecule has 0 bridgehead atoms. The topological polar surface area (TPSA) is 0 Å². The summed E-state index contributed by atoms with van der Waals surface area (Å²) in [4.78, 5) is 0. The summed E-state index contributed by atoms with van der Waals surface area (Å²) >= 11 is 0. The SMILES string of the molecule is CC(C)(C)c1cc2c(ccc3ccccc32)[cH-]1.CC(C)(C)c1cc2c(ccc3ccccc32)[cH-]1.[CH2-]C[CH2-].[Cl-].[Cl-].[Ti+2]. The summed E-state index contributed by atoms with van der Waals surface area (Å²) in [7, 11) is 0. The Morgan fingerprint density at radius 3 is 1.18 bits per heavy atom. The van der Waals surface area contributed by atoms with Gasteiger partial charge in [-0.05, 0) is 21.6 Å². The molecule has 0 aliphatic rings. The van der Waals surface area contributed by atoms with Gasteiger partial charge in [0.2, 0.25) is 0 Å². The third-order valence-corrected chi connectivity index (χ3v) is 6.96. The molecule has 40 heavy (non-hydrogen) atoms. The van der Waals surface area contributed by atoms with Gasteiger partial charge in [0, 0.05) is 0 Å². The van der Waals surface area contributed by atoms with E-state index in [1.807, 2.05) is 0 Å². The molecule has 0 nitrogen and oxygen atoms in total. The first kappa shape index (κ1) is 35.9. The van der Waals surface area contributed by atoms with Crippen molar-refractivity contribution in [3.63, 3.8) is 0 Å². The van der Waals surface area contributed by atoms with E-state index in [1.165, 1.54) is 54.2 Å². The van der Waals surface area contributed by atoms with Crippen molar-refractivity contribution in [1.82, 2.24) is 0 Å². The average molecular weight is 604 g/mol. The summed E-state index contributed by atoms with van der Waals surface area (Å²) < 4.78 is 0. The summed E-state index contributed by atoms with van der Waals surface area (Å²) in [5.74, 6) is 0. The van der Waals surface area contributed by atoms with Crippen LogP contribution in [0.3, 0.4) is 0 Å². The first-order valence-electron chi connectivity index (χ1n) is 13.3. The van der Waals surface area contributed by atoms with Crippen molar-refractivity contribution >= 4 is 43.1 Å². The molecular weight excluding hydrogens is 563 g/mol. The van der Waals surface area contributed by atoms with Crippen LogP contribution in [0.2, 0.25) is 0 Å². The van der Waals surface area contributed by atoms with Crippen LogP contribution < -0.4 is 24.8 Å². The molecule has 0 spiro atoms. The van der Waals surface area contributed by atoms with Gasteiger partial charge < -0.3 is 45.1 Å².